The second-order valence-corrected chi connectivity index (χ2v) is 6.41. The van der Waals surface area contributed by atoms with E-state index in [2.05, 4.69) is 31.0 Å². The van der Waals surface area contributed by atoms with E-state index < -0.39 is 0 Å². The first-order chi connectivity index (χ1) is 7.54. The van der Waals surface area contributed by atoms with Gasteiger partial charge in [-0.1, -0.05) is 20.8 Å². The number of nitrogens with one attached hydrogen (secondary N) is 1. The first-order valence-electron chi connectivity index (χ1n) is 6.61. The van der Waals surface area contributed by atoms with Gasteiger partial charge in [0, 0.05) is 32.2 Å². The van der Waals surface area contributed by atoms with E-state index in [1.165, 1.54) is 12.8 Å². The standard InChI is InChI=1S/C13H26N2O/c1-13(2,3)10-14-8-12-9-15(6-7-16-12)11-4-5-11/h11-12,14H,4-10H2,1-3H3. The van der Waals surface area contributed by atoms with E-state index in [0.717, 1.165) is 38.8 Å². The van der Waals surface area contributed by atoms with Crippen LogP contribution in [0, 0.1) is 5.41 Å². The Balaban J connectivity index is 1.65. The summed E-state index contributed by atoms with van der Waals surface area (Å²) in [6.45, 7) is 12.0. The van der Waals surface area contributed by atoms with Crippen molar-refractivity contribution in [2.75, 3.05) is 32.8 Å². The molecular formula is C13H26N2O. The Morgan fingerprint density at radius 2 is 2.06 bits per heavy atom. The first kappa shape index (κ1) is 12.3. The molecule has 1 aliphatic carbocycles. The van der Waals surface area contributed by atoms with Gasteiger partial charge < -0.3 is 10.1 Å². The molecule has 2 rings (SSSR count). The molecule has 2 aliphatic rings. The van der Waals surface area contributed by atoms with E-state index in [4.69, 9.17) is 4.74 Å². The SMILES string of the molecule is CC(C)(C)CNCC1CN(C2CC2)CCO1. The summed E-state index contributed by atoms with van der Waals surface area (Å²) in [6.07, 6.45) is 3.21. The van der Waals surface area contributed by atoms with Crippen molar-refractivity contribution in [2.45, 2.75) is 45.8 Å². The molecule has 0 radical (unpaired) electrons. The third-order valence-electron chi connectivity index (χ3n) is 3.26. The normalized spacial score (nSPS) is 28.3. The Kier molecular flexibility index (Phi) is 3.88. The van der Waals surface area contributed by atoms with Gasteiger partial charge in [-0.05, 0) is 18.3 Å². The predicted molar refractivity (Wildman–Crippen MR) is 66.7 cm³/mol. The Morgan fingerprint density at radius 1 is 1.31 bits per heavy atom. The fourth-order valence-corrected chi connectivity index (χ4v) is 2.25. The lowest BCUT2D eigenvalue weighted by Crippen LogP contribution is -2.48. The van der Waals surface area contributed by atoms with Crippen LogP contribution >= 0.6 is 0 Å². The summed E-state index contributed by atoms with van der Waals surface area (Å²) in [7, 11) is 0. The molecule has 1 atom stereocenters. The fraction of sp³-hybridized carbons (Fsp3) is 1.00. The summed E-state index contributed by atoms with van der Waals surface area (Å²) in [5, 5.41) is 3.52. The van der Waals surface area contributed by atoms with E-state index in [1.54, 1.807) is 0 Å². The van der Waals surface area contributed by atoms with Gasteiger partial charge in [-0.25, -0.2) is 0 Å². The van der Waals surface area contributed by atoms with Crippen LogP contribution in [0.5, 0.6) is 0 Å². The zero-order chi connectivity index (χ0) is 11.6. The molecule has 0 aromatic carbocycles. The Labute approximate surface area is 99.5 Å². The highest BCUT2D eigenvalue weighted by molar-refractivity contribution is 4.88. The van der Waals surface area contributed by atoms with Gasteiger partial charge in [-0.15, -0.1) is 0 Å². The van der Waals surface area contributed by atoms with Crippen LogP contribution in [0.1, 0.15) is 33.6 Å². The van der Waals surface area contributed by atoms with Crippen molar-refractivity contribution in [1.82, 2.24) is 10.2 Å². The number of morpholine rings is 1. The molecule has 1 heterocycles. The lowest BCUT2D eigenvalue weighted by Gasteiger charge is -2.33. The number of hydrogen-bond donors (Lipinski definition) is 1. The van der Waals surface area contributed by atoms with Crippen molar-refractivity contribution in [3.05, 3.63) is 0 Å². The van der Waals surface area contributed by atoms with Gasteiger partial charge in [0.25, 0.3) is 0 Å². The van der Waals surface area contributed by atoms with Gasteiger partial charge in [0.2, 0.25) is 0 Å². The zero-order valence-corrected chi connectivity index (χ0v) is 11.0. The molecule has 1 saturated carbocycles. The number of hydrogen-bond acceptors (Lipinski definition) is 3. The molecule has 3 heteroatoms. The van der Waals surface area contributed by atoms with Crippen LogP contribution in [0.15, 0.2) is 0 Å². The maximum Gasteiger partial charge on any atom is 0.0826 e. The maximum atomic E-state index is 5.80. The van der Waals surface area contributed by atoms with Crippen molar-refractivity contribution in [3.8, 4) is 0 Å². The second kappa shape index (κ2) is 5.03. The molecule has 1 N–H and O–H groups in total. The average Bonchev–Trinajstić information content (AvgIpc) is 2.99. The summed E-state index contributed by atoms with van der Waals surface area (Å²) >= 11 is 0. The van der Waals surface area contributed by atoms with Crippen molar-refractivity contribution in [1.29, 1.82) is 0 Å². The van der Waals surface area contributed by atoms with Crippen LogP contribution in [0.2, 0.25) is 0 Å². The molecule has 0 aromatic heterocycles. The molecule has 0 aromatic rings. The van der Waals surface area contributed by atoms with Crippen LogP contribution in [-0.2, 0) is 4.74 Å². The van der Waals surface area contributed by atoms with Gasteiger partial charge in [0.15, 0.2) is 0 Å². The first-order valence-corrected chi connectivity index (χ1v) is 6.61. The molecule has 94 valence electrons. The minimum atomic E-state index is 0.366. The number of rotatable bonds is 4. The number of nitrogens with zero attached hydrogens (tertiary/aromatic N) is 1. The highest BCUT2D eigenvalue weighted by Crippen LogP contribution is 2.28. The van der Waals surface area contributed by atoms with E-state index in [0.29, 0.717) is 11.5 Å². The van der Waals surface area contributed by atoms with Crippen LogP contribution in [0.25, 0.3) is 0 Å². The van der Waals surface area contributed by atoms with E-state index in [9.17, 15) is 0 Å². The van der Waals surface area contributed by atoms with Gasteiger partial charge in [-0.2, -0.15) is 0 Å². The van der Waals surface area contributed by atoms with Crippen LogP contribution in [0.3, 0.4) is 0 Å². The Morgan fingerprint density at radius 3 is 2.69 bits per heavy atom. The van der Waals surface area contributed by atoms with Crippen molar-refractivity contribution >= 4 is 0 Å². The summed E-state index contributed by atoms with van der Waals surface area (Å²) in [6, 6.07) is 0.883. The highest BCUT2D eigenvalue weighted by Gasteiger charge is 2.32. The third-order valence-corrected chi connectivity index (χ3v) is 3.26. The Hall–Kier alpha value is -0.120. The topological polar surface area (TPSA) is 24.5 Å². The van der Waals surface area contributed by atoms with Crippen molar-refractivity contribution in [2.24, 2.45) is 5.41 Å². The second-order valence-electron chi connectivity index (χ2n) is 6.41. The van der Waals surface area contributed by atoms with Gasteiger partial charge >= 0.3 is 0 Å². The van der Waals surface area contributed by atoms with Crippen molar-refractivity contribution < 1.29 is 4.74 Å². The summed E-state index contributed by atoms with van der Waals surface area (Å²) in [5.41, 5.74) is 0.366. The van der Waals surface area contributed by atoms with Crippen molar-refractivity contribution in [3.63, 3.8) is 0 Å². The molecule has 2 fully saturated rings. The summed E-state index contributed by atoms with van der Waals surface area (Å²) < 4.78 is 5.80. The minimum absolute atomic E-state index is 0.366. The van der Waals surface area contributed by atoms with Gasteiger partial charge in [0.05, 0.1) is 12.7 Å². The fourth-order valence-electron chi connectivity index (χ4n) is 2.25. The monoisotopic (exact) mass is 226 g/mol. The summed E-state index contributed by atoms with van der Waals surface area (Å²) in [5.74, 6) is 0. The minimum Gasteiger partial charge on any atom is -0.374 e. The molecule has 1 unspecified atom stereocenters. The van der Waals surface area contributed by atoms with Crippen LogP contribution < -0.4 is 5.32 Å². The smallest absolute Gasteiger partial charge is 0.0826 e. The van der Waals surface area contributed by atoms with E-state index >= 15 is 0 Å². The quantitative estimate of drug-likeness (QED) is 0.786. The molecule has 0 amide bonds. The third kappa shape index (κ3) is 4.04. The molecular weight excluding hydrogens is 200 g/mol. The number of ether oxygens (including phenoxy) is 1. The molecule has 1 aliphatic heterocycles. The van der Waals surface area contributed by atoms with Gasteiger partial charge in [0.1, 0.15) is 0 Å². The van der Waals surface area contributed by atoms with Crippen LogP contribution in [-0.4, -0.2) is 49.8 Å². The van der Waals surface area contributed by atoms with E-state index in [1.807, 2.05) is 0 Å². The summed E-state index contributed by atoms with van der Waals surface area (Å²) in [4.78, 5) is 2.60. The molecule has 16 heavy (non-hydrogen) atoms. The van der Waals surface area contributed by atoms with Gasteiger partial charge in [-0.3, -0.25) is 4.90 Å². The predicted octanol–water partition coefficient (Wildman–Crippen LogP) is 1.49. The molecule has 3 nitrogen and oxygen atoms in total. The maximum absolute atomic E-state index is 5.80. The molecule has 1 saturated heterocycles. The zero-order valence-electron chi connectivity index (χ0n) is 11.0. The lowest BCUT2D eigenvalue weighted by atomic mass is 9.97. The van der Waals surface area contributed by atoms with Crippen LogP contribution in [0.4, 0.5) is 0 Å². The Bertz CT molecular complexity index is 220. The highest BCUT2D eigenvalue weighted by atomic mass is 16.5. The van der Waals surface area contributed by atoms with E-state index in [-0.39, 0.29) is 0 Å². The lowest BCUT2D eigenvalue weighted by molar-refractivity contribution is -0.0306. The average molecular weight is 226 g/mol. The largest absolute Gasteiger partial charge is 0.374 e. The molecule has 0 bridgehead atoms. The molecule has 0 spiro atoms.